The molecule has 0 radical (unpaired) electrons. The lowest BCUT2D eigenvalue weighted by Gasteiger charge is -2.18. The van der Waals surface area contributed by atoms with Crippen LogP contribution in [0.25, 0.3) is 0 Å². The monoisotopic (exact) mass is 346 g/mol. The number of halogens is 4. The molecule has 0 aliphatic rings. The molecule has 0 aromatic heterocycles. The fraction of sp³-hybridized carbons (Fsp3) is 0.0769. The van der Waals surface area contributed by atoms with Crippen LogP contribution in [-0.4, -0.2) is 0 Å². The Morgan fingerprint density at radius 3 is 2.47 bits per heavy atom. The van der Waals surface area contributed by atoms with E-state index in [1.807, 2.05) is 0 Å². The van der Waals surface area contributed by atoms with Gasteiger partial charge in [0.05, 0.1) is 11.1 Å². The number of rotatable bonds is 3. The van der Waals surface area contributed by atoms with Crippen molar-refractivity contribution in [3.8, 4) is 0 Å². The van der Waals surface area contributed by atoms with Crippen molar-refractivity contribution in [2.24, 2.45) is 5.84 Å². The first-order valence-electron chi connectivity index (χ1n) is 5.39. The Hall–Kier alpha value is -1.01. The molecule has 2 aromatic rings. The Morgan fingerprint density at radius 1 is 1.11 bits per heavy atom. The van der Waals surface area contributed by atoms with Gasteiger partial charge in [0.15, 0.2) is 0 Å². The van der Waals surface area contributed by atoms with Crippen LogP contribution in [0.3, 0.4) is 0 Å². The van der Waals surface area contributed by atoms with E-state index >= 15 is 0 Å². The van der Waals surface area contributed by atoms with E-state index in [9.17, 15) is 8.78 Å². The maximum Gasteiger partial charge on any atom is 0.142 e. The first-order chi connectivity index (χ1) is 9.02. The van der Waals surface area contributed by atoms with E-state index < -0.39 is 17.7 Å². The predicted molar refractivity (Wildman–Crippen MR) is 74.7 cm³/mol. The van der Waals surface area contributed by atoms with Crippen molar-refractivity contribution in [3.63, 3.8) is 0 Å². The van der Waals surface area contributed by atoms with Crippen molar-refractivity contribution in [2.45, 2.75) is 6.04 Å². The van der Waals surface area contributed by atoms with E-state index in [0.717, 1.165) is 0 Å². The molecule has 0 spiro atoms. The van der Waals surface area contributed by atoms with Gasteiger partial charge in [-0.1, -0.05) is 33.6 Å². The van der Waals surface area contributed by atoms with E-state index in [-0.39, 0.29) is 5.02 Å². The highest BCUT2D eigenvalue weighted by atomic mass is 79.9. The standard InChI is InChI=1S/C13H10BrClF2N2/c14-8-2-4-11(16)9(6-8)13(19-18)7-1-3-10(15)12(17)5-7/h1-6,13,19H,18H2. The molecule has 0 fully saturated rings. The fourth-order valence-corrected chi connectivity index (χ4v) is 2.29. The summed E-state index contributed by atoms with van der Waals surface area (Å²) >= 11 is 8.88. The van der Waals surface area contributed by atoms with Crippen LogP contribution in [0, 0.1) is 11.6 Å². The second kappa shape index (κ2) is 5.96. The zero-order valence-corrected chi connectivity index (χ0v) is 12.0. The van der Waals surface area contributed by atoms with Crippen molar-refractivity contribution in [1.29, 1.82) is 0 Å². The van der Waals surface area contributed by atoms with Gasteiger partial charge in [0.25, 0.3) is 0 Å². The largest absolute Gasteiger partial charge is 0.271 e. The van der Waals surface area contributed by atoms with Gasteiger partial charge in [-0.2, -0.15) is 0 Å². The van der Waals surface area contributed by atoms with Crippen molar-refractivity contribution >= 4 is 27.5 Å². The summed E-state index contributed by atoms with van der Waals surface area (Å²) in [6.07, 6.45) is 0. The first kappa shape index (κ1) is 14.4. The van der Waals surface area contributed by atoms with Crippen molar-refractivity contribution in [2.75, 3.05) is 0 Å². The van der Waals surface area contributed by atoms with E-state index in [1.54, 1.807) is 18.2 Å². The summed E-state index contributed by atoms with van der Waals surface area (Å²) in [7, 11) is 0. The molecular formula is C13H10BrClF2N2. The zero-order chi connectivity index (χ0) is 14.0. The highest BCUT2D eigenvalue weighted by molar-refractivity contribution is 9.10. The van der Waals surface area contributed by atoms with Gasteiger partial charge in [0.1, 0.15) is 11.6 Å². The van der Waals surface area contributed by atoms with Crippen LogP contribution in [0.5, 0.6) is 0 Å². The summed E-state index contributed by atoms with van der Waals surface area (Å²) in [4.78, 5) is 0. The molecule has 19 heavy (non-hydrogen) atoms. The molecule has 1 atom stereocenters. The van der Waals surface area contributed by atoms with Crippen LogP contribution in [0.4, 0.5) is 8.78 Å². The first-order valence-corrected chi connectivity index (χ1v) is 6.56. The summed E-state index contributed by atoms with van der Waals surface area (Å²) in [6, 6.07) is 8.05. The Bertz CT molecular complexity index is 607. The van der Waals surface area contributed by atoms with Crippen LogP contribution < -0.4 is 11.3 Å². The molecule has 2 rings (SSSR count). The third-order valence-corrected chi connectivity index (χ3v) is 3.51. The lowest BCUT2D eigenvalue weighted by molar-refractivity contribution is 0.555. The van der Waals surface area contributed by atoms with E-state index in [2.05, 4.69) is 21.4 Å². The average molecular weight is 348 g/mol. The van der Waals surface area contributed by atoms with E-state index in [1.165, 1.54) is 18.2 Å². The lowest BCUT2D eigenvalue weighted by Crippen LogP contribution is -2.29. The normalized spacial score (nSPS) is 12.5. The summed E-state index contributed by atoms with van der Waals surface area (Å²) in [5, 5.41) is 0.00855. The lowest BCUT2D eigenvalue weighted by atomic mass is 9.99. The molecule has 0 heterocycles. The minimum Gasteiger partial charge on any atom is -0.271 e. The Kier molecular flexibility index (Phi) is 4.52. The van der Waals surface area contributed by atoms with Crippen LogP contribution >= 0.6 is 27.5 Å². The zero-order valence-electron chi connectivity index (χ0n) is 9.63. The van der Waals surface area contributed by atoms with Gasteiger partial charge in [0.2, 0.25) is 0 Å². The van der Waals surface area contributed by atoms with Gasteiger partial charge in [-0.15, -0.1) is 0 Å². The summed E-state index contributed by atoms with van der Waals surface area (Å²) in [5.41, 5.74) is 3.28. The Morgan fingerprint density at radius 2 is 1.84 bits per heavy atom. The summed E-state index contributed by atoms with van der Waals surface area (Å²) in [5.74, 6) is 4.45. The third kappa shape index (κ3) is 3.12. The molecule has 1 unspecified atom stereocenters. The molecule has 3 N–H and O–H groups in total. The molecule has 0 bridgehead atoms. The summed E-state index contributed by atoms with van der Waals surface area (Å²) in [6.45, 7) is 0. The van der Waals surface area contributed by atoms with Gasteiger partial charge in [0, 0.05) is 10.0 Å². The fourth-order valence-electron chi connectivity index (χ4n) is 1.79. The highest BCUT2D eigenvalue weighted by Crippen LogP contribution is 2.28. The van der Waals surface area contributed by atoms with Gasteiger partial charge < -0.3 is 0 Å². The minimum atomic E-state index is -0.663. The molecule has 2 nitrogen and oxygen atoms in total. The van der Waals surface area contributed by atoms with Crippen molar-refractivity contribution < 1.29 is 8.78 Å². The molecule has 0 amide bonds. The maximum absolute atomic E-state index is 13.8. The van der Waals surface area contributed by atoms with Gasteiger partial charge in [-0.25, -0.2) is 14.2 Å². The molecule has 0 aliphatic heterocycles. The Labute approximate surface area is 122 Å². The minimum absolute atomic E-state index is 0.00855. The van der Waals surface area contributed by atoms with Crippen LogP contribution in [0.2, 0.25) is 5.02 Å². The number of hydrazine groups is 1. The van der Waals surface area contributed by atoms with Gasteiger partial charge in [-0.3, -0.25) is 5.84 Å². The molecule has 0 aliphatic carbocycles. The second-order valence-corrected chi connectivity index (χ2v) is 5.26. The van der Waals surface area contributed by atoms with Crippen molar-refractivity contribution in [3.05, 3.63) is 68.7 Å². The smallest absolute Gasteiger partial charge is 0.142 e. The number of hydrogen-bond donors (Lipinski definition) is 2. The molecular weight excluding hydrogens is 338 g/mol. The van der Waals surface area contributed by atoms with E-state index in [4.69, 9.17) is 17.4 Å². The average Bonchev–Trinajstić information content (AvgIpc) is 2.38. The van der Waals surface area contributed by atoms with Gasteiger partial charge >= 0.3 is 0 Å². The SMILES string of the molecule is NNC(c1ccc(Cl)c(F)c1)c1cc(Br)ccc1F. The number of nitrogens with one attached hydrogen (secondary N) is 1. The molecule has 100 valence electrons. The summed E-state index contributed by atoms with van der Waals surface area (Å²) < 4.78 is 28.0. The van der Waals surface area contributed by atoms with E-state index in [0.29, 0.717) is 15.6 Å². The van der Waals surface area contributed by atoms with Crippen LogP contribution in [-0.2, 0) is 0 Å². The topological polar surface area (TPSA) is 38.0 Å². The third-order valence-electron chi connectivity index (χ3n) is 2.71. The second-order valence-electron chi connectivity index (χ2n) is 3.94. The number of nitrogens with two attached hydrogens (primary N) is 1. The molecule has 6 heteroatoms. The highest BCUT2D eigenvalue weighted by Gasteiger charge is 2.18. The predicted octanol–water partition coefficient (Wildman–Crippen LogP) is 3.93. The quantitative estimate of drug-likeness (QED) is 0.652. The number of hydrogen-bond acceptors (Lipinski definition) is 2. The van der Waals surface area contributed by atoms with Crippen LogP contribution in [0.15, 0.2) is 40.9 Å². The molecule has 2 aromatic carbocycles. The maximum atomic E-state index is 13.8. The molecule has 0 saturated carbocycles. The van der Waals surface area contributed by atoms with Gasteiger partial charge in [-0.05, 0) is 35.9 Å². The Balaban J connectivity index is 2.49. The molecule has 0 saturated heterocycles. The van der Waals surface area contributed by atoms with Crippen LogP contribution in [0.1, 0.15) is 17.2 Å². The van der Waals surface area contributed by atoms with Crippen molar-refractivity contribution in [1.82, 2.24) is 5.43 Å². The number of benzene rings is 2.